The monoisotopic (exact) mass is 196 g/mol. The average Bonchev–Trinajstić information content (AvgIpc) is 2.31. The van der Waals surface area contributed by atoms with Crippen molar-refractivity contribution >= 4 is 5.57 Å². The molecule has 0 saturated carbocycles. The van der Waals surface area contributed by atoms with E-state index in [-0.39, 0.29) is 0 Å². The Morgan fingerprint density at radius 1 is 1.00 bits per heavy atom. The van der Waals surface area contributed by atoms with Crippen molar-refractivity contribution in [2.24, 2.45) is 11.8 Å². The molecule has 2 unspecified atom stereocenters. The van der Waals surface area contributed by atoms with Crippen molar-refractivity contribution in [1.29, 1.82) is 0 Å². The van der Waals surface area contributed by atoms with E-state index in [1.54, 1.807) is 5.57 Å². The molecule has 0 aromatic heterocycles. The van der Waals surface area contributed by atoms with E-state index in [0.717, 1.165) is 11.8 Å². The lowest BCUT2D eigenvalue weighted by molar-refractivity contribution is 0.455. The van der Waals surface area contributed by atoms with E-state index in [4.69, 9.17) is 0 Å². The maximum Gasteiger partial charge on any atom is -0.0119 e. The van der Waals surface area contributed by atoms with Crippen molar-refractivity contribution < 1.29 is 0 Å². The zero-order valence-electron chi connectivity index (χ0n) is 8.89. The summed E-state index contributed by atoms with van der Waals surface area (Å²) in [6.07, 6.45) is 11.0. The Balaban J connectivity index is 1.94. The summed E-state index contributed by atoms with van der Waals surface area (Å²) in [5.41, 5.74) is 3.01. The van der Waals surface area contributed by atoms with Crippen LogP contribution >= 0.6 is 0 Å². The molecule has 0 spiro atoms. The van der Waals surface area contributed by atoms with Gasteiger partial charge in [0.05, 0.1) is 0 Å². The first-order chi connectivity index (χ1) is 7.43. The molecule has 1 aromatic rings. The maximum atomic E-state index is 2.46. The molecule has 0 nitrogen and oxygen atoms in total. The van der Waals surface area contributed by atoms with E-state index in [0.29, 0.717) is 0 Å². The van der Waals surface area contributed by atoms with Crippen LogP contribution in [0.15, 0.2) is 48.6 Å². The highest BCUT2D eigenvalue weighted by atomic mass is 14.3. The normalized spacial score (nSPS) is 28.7. The molecule has 0 aliphatic heterocycles. The van der Waals surface area contributed by atoms with E-state index in [2.05, 4.69) is 48.6 Å². The Bertz CT molecular complexity index is 397. The SMILES string of the molecule is C1=CC2CC=C(c3ccccc3)C(C1)C2. The van der Waals surface area contributed by atoms with Crippen LogP contribution in [0.4, 0.5) is 0 Å². The molecule has 2 bridgehead atoms. The Hall–Kier alpha value is -1.30. The zero-order chi connectivity index (χ0) is 10.1. The second kappa shape index (κ2) is 3.69. The number of rotatable bonds is 1. The van der Waals surface area contributed by atoms with E-state index in [9.17, 15) is 0 Å². The van der Waals surface area contributed by atoms with Crippen LogP contribution in [-0.4, -0.2) is 0 Å². The van der Waals surface area contributed by atoms with Gasteiger partial charge in [0, 0.05) is 0 Å². The van der Waals surface area contributed by atoms with E-state index in [1.807, 2.05) is 0 Å². The molecule has 3 rings (SSSR count). The van der Waals surface area contributed by atoms with Crippen molar-refractivity contribution in [3.8, 4) is 0 Å². The third-order valence-corrected chi connectivity index (χ3v) is 3.60. The number of allylic oxidation sites excluding steroid dienone is 4. The largest absolute Gasteiger partial charge is 0.0876 e. The van der Waals surface area contributed by atoms with Gasteiger partial charge in [0.25, 0.3) is 0 Å². The van der Waals surface area contributed by atoms with E-state index < -0.39 is 0 Å². The Morgan fingerprint density at radius 2 is 1.87 bits per heavy atom. The van der Waals surface area contributed by atoms with Crippen molar-refractivity contribution in [2.75, 3.05) is 0 Å². The third-order valence-electron chi connectivity index (χ3n) is 3.60. The summed E-state index contributed by atoms with van der Waals surface area (Å²) in [7, 11) is 0. The lowest BCUT2D eigenvalue weighted by Gasteiger charge is -2.31. The molecule has 0 heterocycles. The third kappa shape index (κ3) is 1.65. The number of fused-ring (bicyclic) bond motifs is 2. The molecular formula is C15H16. The first kappa shape index (κ1) is 8.96. The van der Waals surface area contributed by atoms with Crippen LogP contribution < -0.4 is 0 Å². The van der Waals surface area contributed by atoms with E-state index in [1.165, 1.54) is 24.8 Å². The highest BCUT2D eigenvalue weighted by molar-refractivity contribution is 5.68. The van der Waals surface area contributed by atoms with E-state index >= 15 is 0 Å². The quantitative estimate of drug-likeness (QED) is 0.594. The minimum atomic E-state index is 0.774. The fraction of sp³-hybridized carbons (Fsp3) is 0.333. The second-order valence-electron chi connectivity index (χ2n) is 4.62. The summed E-state index contributed by atoms with van der Waals surface area (Å²) in [4.78, 5) is 0. The first-order valence-corrected chi connectivity index (χ1v) is 5.85. The lowest BCUT2D eigenvalue weighted by Crippen LogP contribution is -2.17. The summed E-state index contributed by atoms with van der Waals surface area (Å²) >= 11 is 0. The molecule has 76 valence electrons. The van der Waals surface area contributed by atoms with Crippen LogP contribution in [0.25, 0.3) is 5.57 Å². The Kier molecular flexibility index (Phi) is 2.21. The summed E-state index contributed by atoms with van der Waals surface area (Å²) in [5.74, 6) is 1.59. The minimum Gasteiger partial charge on any atom is -0.0876 e. The number of hydrogen-bond donors (Lipinski definition) is 0. The maximum absolute atomic E-state index is 2.46. The molecular weight excluding hydrogens is 180 g/mol. The van der Waals surface area contributed by atoms with Gasteiger partial charge in [0.2, 0.25) is 0 Å². The predicted molar refractivity (Wildman–Crippen MR) is 64.4 cm³/mol. The topological polar surface area (TPSA) is 0 Å². The average molecular weight is 196 g/mol. The molecule has 2 aliphatic rings. The predicted octanol–water partition coefficient (Wildman–Crippen LogP) is 4.06. The minimum absolute atomic E-state index is 0.774. The van der Waals surface area contributed by atoms with Gasteiger partial charge >= 0.3 is 0 Å². The molecule has 0 radical (unpaired) electrons. The fourth-order valence-electron chi connectivity index (χ4n) is 2.83. The van der Waals surface area contributed by atoms with Gasteiger partial charge < -0.3 is 0 Å². The van der Waals surface area contributed by atoms with Gasteiger partial charge in [0.15, 0.2) is 0 Å². The zero-order valence-corrected chi connectivity index (χ0v) is 8.89. The van der Waals surface area contributed by atoms with Crippen molar-refractivity contribution in [3.63, 3.8) is 0 Å². The van der Waals surface area contributed by atoms with Gasteiger partial charge in [-0.15, -0.1) is 0 Å². The summed E-state index contributed by atoms with van der Waals surface area (Å²) in [5, 5.41) is 0. The summed E-state index contributed by atoms with van der Waals surface area (Å²) < 4.78 is 0. The smallest absolute Gasteiger partial charge is 0.0119 e. The molecule has 2 atom stereocenters. The Morgan fingerprint density at radius 3 is 2.73 bits per heavy atom. The lowest BCUT2D eigenvalue weighted by atomic mass is 9.74. The van der Waals surface area contributed by atoms with Crippen LogP contribution in [0.1, 0.15) is 24.8 Å². The molecule has 15 heavy (non-hydrogen) atoms. The molecule has 1 aromatic carbocycles. The molecule has 0 heteroatoms. The molecule has 2 aliphatic carbocycles. The van der Waals surface area contributed by atoms with Gasteiger partial charge in [0.1, 0.15) is 0 Å². The number of hydrogen-bond acceptors (Lipinski definition) is 0. The van der Waals surface area contributed by atoms with Crippen LogP contribution in [0.3, 0.4) is 0 Å². The van der Waals surface area contributed by atoms with Crippen LogP contribution in [0.5, 0.6) is 0 Å². The standard InChI is InChI=1S/C15H16/c1-2-6-13(7-3-1)15-10-9-12-5-4-8-14(15)11-12/h1-7,10,12,14H,8-9,11H2. The van der Waals surface area contributed by atoms with Crippen molar-refractivity contribution in [1.82, 2.24) is 0 Å². The van der Waals surface area contributed by atoms with Gasteiger partial charge in [-0.25, -0.2) is 0 Å². The summed E-state index contributed by atoms with van der Waals surface area (Å²) in [6.45, 7) is 0. The Labute approximate surface area is 91.3 Å². The van der Waals surface area contributed by atoms with Crippen LogP contribution in [0.2, 0.25) is 0 Å². The van der Waals surface area contributed by atoms with Gasteiger partial charge in [-0.3, -0.25) is 0 Å². The molecule has 0 N–H and O–H groups in total. The second-order valence-corrected chi connectivity index (χ2v) is 4.62. The molecule has 0 fully saturated rings. The van der Waals surface area contributed by atoms with Crippen LogP contribution in [-0.2, 0) is 0 Å². The van der Waals surface area contributed by atoms with Gasteiger partial charge in [-0.2, -0.15) is 0 Å². The fourth-order valence-corrected chi connectivity index (χ4v) is 2.83. The van der Waals surface area contributed by atoms with Crippen molar-refractivity contribution in [2.45, 2.75) is 19.3 Å². The highest BCUT2D eigenvalue weighted by Gasteiger charge is 2.25. The van der Waals surface area contributed by atoms with Gasteiger partial charge in [-0.1, -0.05) is 48.6 Å². The van der Waals surface area contributed by atoms with Crippen molar-refractivity contribution in [3.05, 3.63) is 54.1 Å². The first-order valence-electron chi connectivity index (χ1n) is 5.85. The molecule has 0 saturated heterocycles. The highest BCUT2D eigenvalue weighted by Crippen LogP contribution is 2.40. The number of benzene rings is 1. The molecule has 0 amide bonds. The van der Waals surface area contributed by atoms with Gasteiger partial charge in [-0.05, 0) is 42.2 Å². The van der Waals surface area contributed by atoms with Crippen LogP contribution in [0, 0.1) is 11.8 Å². The summed E-state index contributed by atoms with van der Waals surface area (Å²) in [6, 6.07) is 10.9.